The van der Waals surface area contributed by atoms with Gasteiger partial charge in [-0.2, -0.15) is 0 Å². The van der Waals surface area contributed by atoms with Crippen LogP contribution in [-0.4, -0.2) is 17.2 Å². The number of hydrogen-bond acceptors (Lipinski definition) is 0. The summed E-state index contributed by atoms with van der Waals surface area (Å²) >= 11 is 0. The van der Waals surface area contributed by atoms with Gasteiger partial charge in [0.1, 0.15) is 0 Å². The molecular formula is C60H42N2Si. The van der Waals surface area contributed by atoms with E-state index in [-0.39, 0.29) is 0 Å². The van der Waals surface area contributed by atoms with Gasteiger partial charge < -0.3 is 9.13 Å². The number of nitrogens with zero attached hydrogens (tertiary/aromatic N) is 2. The van der Waals surface area contributed by atoms with Crippen LogP contribution in [0, 0.1) is 0 Å². The fourth-order valence-electron chi connectivity index (χ4n) is 10.2. The lowest BCUT2D eigenvalue weighted by Gasteiger charge is -2.34. The minimum atomic E-state index is -2.66. The van der Waals surface area contributed by atoms with E-state index in [1.807, 2.05) is 0 Å². The van der Waals surface area contributed by atoms with Crippen molar-refractivity contribution >= 4 is 72.4 Å². The van der Waals surface area contributed by atoms with Gasteiger partial charge in [0.2, 0.25) is 0 Å². The van der Waals surface area contributed by atoms with Crippen molar-refractivity contribution in [1.29, 1.82) is 0 Å². The van der Waals surface area contributed by atoms with Gasteiger partial charge >= 0.3 is 0 Å². The topological polar surface area (TPSA) is 9.86 Å². The molecule has 0 aliphatic carbocycles. The molecule has 2 heterocycles. The Bertz CT molecular complexity index is 3380. The second kappa shape index (κ2) is 15.2. The van der Waals surface area contributed by atoms with E-state index < -0.39 is 8.07 Å². The molecule has 0 aliphatic heterocycles. The molecule has 0 atom stereocenters. The zero-order valence-electron chi connectivity index (χ0n) is 34.6. The Morgan fingerprint density at radius 2 is 0.571 bits per heavy atom. The smallest absolute Gasteiger partial charge is 0.179 e. The molecule has 0 unspecified atom stereocenters. The second-order valence-electron chi connectivity index (χ2n) is 16.5. The summed E-state index contributed by atoms with van der Waals surface area (Å²) in [4.78, 5) is 0. The van der Waals surface area contributed by atoms with Crippen LogP contribution in [0.25, 0.3) is 77.2 Å². The first-order chi connectivity index (χ1) is 31.3. The van der Waals surface area contributed by atoms with Crippen molar-refractivity contribution in [2.45, 2.75) is 0 Å². The Balaban J connectivity index is 1.03. The lowest BCUT2D eigenvalue weighted by atomic mass is 10.0. The van der Waals surface area contributed by atoms with E-state index in [1.54, 1.807) is 0 Å². The maximum Gasteiger partial charge on any atom is 0.179 e. The van der Waals surface area contributed by atoms with Gasteiger partial charge in [0, 0.05) is 32.9 Å². The van der Waals surface area contributed by atoms with Gasteiger partial charge in [-0.1, -0.05) is 194 Å². The van der Waals surface area contributed by atoms with Crippen LogP contribution in [-0.2, 0) is 0 Å². The lowest BCUT2D eigenvalue weighted by Crippen LogP contribution is -2.74. The van der Waals surface area contributed by atoms with Gasteiger partial charge in [-0.3, -0.25) is 0 Å². The number of para-hydroxylation sites is 1. The summed E-state index contributed by atoms with van der Waals surface area (Å²) in [5.41, 5.74) is 11.9. The summed E-state index contributed by atoms with van der Waals surface area (Å²) in [6, 6.07) is 94.1. The van der Waals surface area contributed by atoms with Crippen molar-refractivity contribution in [2.24, 2.45) is 0 Å². The van der Waals surface area contributed by atoms with E-state index in [4.69, 9.17) is 0 Å². The highest BCUT2D eigenvalue weighted by Crippen LogP contribution is 2.39. The maximum absolute atomic E-state index is 2.66. The van der Waals surface area contributed by atoms with Crippen molar-refractivity contribution in [3.63, 3.8) is 0 Å². The molecule has 12 rings (SSSR count). The Morgan fingerprint density at radius 3 is 1.06 bits per heavy atom. The fraction of sp³-hybridized carbons (Fsp3) is 0. The third-order valence-electron chi connectivity index (χ3n) is 13.1. The molecule has 0 saturated carbocycles. The molecule has 2 nitrogen and oxygen atoms in total. The number of fused-ring (bicyclic) bond motifs is 6. The molecule has 3 heteroatoms. The van der Waals surface area contributed by atoms with Gasteiger partial charge in [-0.15, -0.1) is 0 Å². The van der Waals surface area contributed by atoms with Gasteiger partial charge in [-0.25, -0.2) is 0 Å². The zero-order chi connectivity index (χ0) is 41.7. The first-order valence-electron chi connectivity index (χ1n) is 21.8. The third-order valence-corrected chi connectivity index (χ3v) is 17.9. The Kier molecular flexibility index (Phi) is 8.87. The van der Waals surface area contributed by atoms with E-state index in [9.17, 15) is 0 Å². The fourth-order valence-corrected chi connectivity index (χ4v) is 15.0. The van der Waals surface area contributed by atoms with E-state index in [0.717, 1.165) is 11.4 Å². The third kappa shape index (κ3) is 6.00. The van der Waals surface area contributed by atoms with Gasteiger partial charge in [-0.05, 0) is 104 Å². The van der Waals surface area contributed by atoms with E-state index in [0.29, 0.717) is 0 Å². The molecule has 0 fully saturated rings. The van der Waals surface area contributed by atoms with Crippen LogP contribution in [0.4, 0.5) is 0 Å². The van der Waals surface area contributed by atoms with Gasteiger partial charge in [0.05, 0.1) is 22.1 Å². The van der Waals surface area contributed by atoms with E-state index in [2.05, 4.69) is 264 Å². The summed E-state index contributed by atoms with van der Waals surface area (Å²) in [5.74, 6) is 0. The summed E-state index contributed by atoms with van der Waals surface area (Å²) in [5, 5.41) is 10.4. The van der Waals surface area contributed by atoms with Crippen molar-refractivity contribution in [3.05, 3.63) is 255 Å². The SMILES string of the molecule is c1ccc(-c2ccc3c(c2)c2cc(-c4ccccc4)ccc2n3-c2ccc3c(c2)c2ccccc2n3-c2ccc([Si](c3ccccc3)(c3ccccc3)c3ccccc3)cc2)cc1. The highest BCUT2D eigenvalue weighted by atomic mass is 28.3. The van der Waals surface area contributed by atoms with Crippen LogP contribution in [0.15, 0.2) is 255 Å². The quantitative estimate of drug-likeness (QED) is 0.107. The van der Waals surface area contributed by atoms with Crippen LogP contribution in [0.3, 0.4) is 0 Å². The summed E-state index contributed by atoms with van der Waals surface area (Å²) in [6.07, 6.45) is 0. The van der Waals surface area contributed by atoms with Crippen molar-refractivity contribution < 1.29 is 0 Å². The van der Waals surface area contributed by atoms with Crippen molar-refractivity contribution in [2.75, 3.05) is 0 Å². The molecule has 0 amide bonds. The van der Waals surface area contributed by atoms with Gasteiger partial charge in [0.15, 0.2) is 8.07 Å². The van der Waals surface area contributed by atoms with E-state index in [1.165, 1.54) is 86.6 Å². The van der Waals surface area contributed by atoms with Gasteiger partial charge in [0.25, 0.3) is 0 Å². The lowest BCUT2D eigenvalue weighted by molar-refractivity contribution is 1.17. The monoisotopic (exact) mass is 818 g/mol. The predicted molar refractivity (Wildman–Crippen MR) is 270 cm³/mol. The molecule has 10 aromatic carbocycles. The number of benzene rings is 10. The Labute approximate surface area is 368 Å². The summed E-state index contributed by atoms with van der Waals surface area (Å²) in [6.45, 7) is 0. The molecule has 0 saturated heterocycles. The zero-order valence-corrected chi connectivity index (χ0v) is 35.6. The molecule has 0 spiro atoms. The highest BCUT2D eigenvalue weighted by Gasteiger charge is 2.41. The Hall–Kier alpha value is -7.98. The second-order valence-corrected chi connectivity index (χ2v) is 20.3. The highest BCUT2D eigenvalue weighted by molar-refractivity contribution is 7.19. The minimum Gasteiger partial charge on any atom is -0.309 e. The van der Waals surface area contributed by atoms with Crippen LogP contribution < -0.4 is 20.7 Å². The summed E-state index contributed by atoms with van der Waals surface area (Å²) < 4.78 is 4.90. The number of rotatable bonds is 8. The van der Waals surface area contributed by atoms with Crippen molar-refractivity contribution in [3.8, 4) is 33.6 Å². The first-order valence-corrected chi connectivity index (χ1v) is 23.8. The normalized spacial score (nSPS) is 11.8. The Morgan fingerprint density at radius 1 is 0.222 bits per heavy atom. The number of aromatic nitrogens is 2. The average Bonchev–Trinajstić information content (AvgIpc) is 3.88. The molecule has 0 aliphatic rings. The maximum atomic E-state index is 2.45. The molecule has 296 valence electrons. The molecule has 2 aromatic heterocycles. The molecular weight excluding hydrogens is 777 g/mol. The van der Waals surface area contributed by atoms with Crippen LogP contribution in [0.5, 0.6) is 0 Å². The minimum absolute atomic E-state index is 1.14. The van der Waals surface area contributed by atoms with Crippen LogP contribution >= 0.6 is 0 Å². The molecule has 63 heavy (non-hydrogen) atoms. The molecule has 0 bridgehead atoms. The standard InChI is InChI=1S/C60H42N2Si/c1-6-18-43(19-7-1)45-30-37-58-54(40-45)55-41-46(44-20-8-2-9-21-44)31-38-59(55)62(58)48-34-39-60-56(42-48)53-28-16-17-29-57(53)61(60)47-32-35-52(36-33-47)63(49-22-10-3-11-23-49,50-24-12-4-13-25-50)51-26-14-5-15-27-51/h1-42H. The van der Waals surface area contributed by atoms with Crippen molar-refractivity contribution in [1.82, 2.24) is 9.13 Å². The molecule has 0 N–H and O–H groups in total. The molecule has 0 radical (unpaired) electrons. The first kappa shape index (κ1) is 36.8. The van der Waals surface area contributed by atoms with Crippen LogP contribution in [0.1, 0.15) is 0 Å². The van der Waals surface area contributed by atoms with Crippen LogP contribution in [0.2, 0.25) is 0 Å². The number of hydrogen-bond donors (Lipinski definition) is 0. The summed E-state index contributed by atoms with van der Waals surface area (Å²) in [7, 11) is -2.66. The average molecular weight is 819 g/mol. The molecule has 12 aromatic rings. The van der Waals surface area contributed by atoms with E-state index >= 15 is 0 Å². The predicted octanol–water partition coefficient (Wildman–Crippen LogP) is 12.6. The largest absolute Gasteiger partial charge is 0.309 e.